The molecule has 0 saturated heterocycles. The number of rotatable bonds is 15. The molecular weight excluding hydrogens is 414 g/mol. The molecule has 0 spiro atoms. The zero-order chi connectivity index (χ0) is 23.4. The number of ether oxygens (including phenoxy) is 3. The fourth-order valence-corrected chi connectivity index (χ4v) is 4.49. The highest BCUT2D eigenvalue weighted by Gasteiger charge is 2.49. The van der Waals surface area contributed by atoms with Crippen molar-refractivity contribution in [3.05, 3.63) is 71.8 Å². The molecule has 0 aliphatic heterocycles. The summed E-state index contributed by atoms with van der Waals surface area (Å²) in [6, 6.07) is 20.4. The van der Waals surface area contributed by atoms with E-state index in [-0.39, 0.29) is 12.2 Å². The number of hydrogen-bond acceptors (Lipinski definition) is 5. The minimum absolute atomic E-state index is 0.0140. The number of hydrogen-bond donors (Lipinski definition) is 2. The van der Waals surface area contributed by atoms with Crippen LogP contribution in [0.4, 0.5) is 0 Å². The van der Waals surface area contributed by atoms with Crippen molar-refractivity contribution in [3.8, 4) is 0 Å². The van der Waals surface area contributed by atoms with Crippen LogP contribution in [0.25, 0.3) is 0 Å². The smallest absolute Gasteiger partial charge is 0.148 e. The Morgan fingerprint density at radius 2 is 1.58 bits per heavy atom. The predicted octanol–water partition coefficient (Wildman–Crippen LogP) is 5.21. The van der Waals surface area contributed by atoms with E-state index in [2.05, 4.69) is 36.5 Å². The van der Waals surface area contributed by atoms with E-state index in [9.17, 15) is 5.11 Å². The van der Waals surface area contributed by atoms with Gasteiger partial charge >= 0.3 is 0 Å². The first-order valence-electron chi connectivity index (χ1n) is 12.5. The molecule has 1 aliphatic rings. The molecular formula is C28H41NO4. The van der Waals surface area contributed by atoms with Crippen molar-refractivity contribution in [2.45, 2.75) is 89.1 Å². The highest BCUT2D eigenvalue weighted by atomic mass is 16.6. The standard InChI is InChI=1S/C28H41NO4/c1-3-4-5-12-17-25(30)22-33-28(29-2)19-26(31-20-23-13-8-6-9-14-23)18-27(28)32-21-24-15-10-7-11-16-24/h6-11,13-16,25-27,29-30H,3-5,12,17-22H2,1-2H3/t25?,26-,27+,28-/m1/s1. The predicted molar refractivity (Wildman–Crippen MR) is 132 cm³/mol. The fourth-order valence-electron chi connectivity index (χ4n) is 4.49. The van der Waals surface area contributed by atoms with Gasteiger partial charge in [0.05, 0.1) is 32.0 Å². The van der Waals surface area contributed by atoms with Crippen LogP contribution in [0, 0.1) is 0 Å². The topological polar surface area (TPSA) is 60.0 Å². The van der Waals surface area contributed by atoms with Gasteiger partial charge in [-0.3, -0.25) is 5.32 Å². The van der Waals surface area contributed by atoms with E-state index < -0.39 is 11.8 Å². The molecule has 2 N–H and O–H groups in total. The highest BCUT2D eigenvalue weighted by Crippen LogP contribution is 2.36. The first-order valence-corrected chi connectivity index (χ1v) is 12.5. The number of unbranched alkanes of at least 4 members (excludes halogenated alkanes) is 3. The Kier molecular flexibility index (Phi) is 10.8. The summed E-state index contributed by atoms with van der Waals surface area (Å²) in [7, 11) is 1.91. The Labute approximate surface area is 199 Å². The van der Waals surface area contributed by atoms with Crippen LogP contribution in [-0.4, -0.2) is 42.8 Å². The molecule has 5 nitrogen and oxygen atoms in total. The third-order valence-electron chi connectivity index (χ3n) is 6.50. The summed E-state index contributed by atoms with van der Waals surface area (Å²) in [5.41, 5.74) is 1.61. The van der Waals surface area contributed by atoms with Crippen molar-refractivity contribution in [3.63, 3.8) is 0 Å². The van der Waals surface area contributed by atoms with E-state index in [1.165, 1.54) is 12.8 Å². The minimum atomic E-state index is -0.680. The Bertz CT molecular complexity index is 772. The number of aliphatic hydroxyl groups excluding tert-OH is 1. The quantitative estimate of drug-likeness (QED) is 0.285. The van der Waals surface area contributed by atoms with Gasteiger partial charge in [-0.15, -0.1) is 0 Å². The van der Waals surface area contributed by atoms with Crippen molar-refractivity contribution in [2.75, 3.05) is 13.7 Å². The van der Waals surface area contributed by atoms with Crippen LogP contribution in [-0.2, 0) is 27.4 Å². The van der Waals surface area contributed by atoms with Crippen LogP contribution in [0.15, 0.2) is 60.7 Å². The van der Waals surface area contributed by atoms with Crippen LogP contribution in [0.2, 0.25) is 0 Å². The monoisotopic (exact) mass is 455 g/mol. The number of nitrogens with one attached hydrogen (secondary N) is 1. The molecule has 0 heterocycles. The van der Waals surface area contributed by atoms with Gasteiger partial charge in [0.25, 0.3) is 0 Å². The lowest BCUT2D eigenvalue weighted by Crippen LogP contribution is -2.53. The molecule has 0 bridgehead atoms. The molecule has 182 valence electrons. The maximum Gasteiger partial charge on any atom is 0.148 e. The number of benzene rings is 2. The zero-order valence-corrected chi connectivity index (χ0v) is 20.2. The van der Waals surface area contributed by atoms with Crippen molar-refractivity contribution in [1.82, 2.24) is 5.32 Å². The summed E-state index contributed by atoms with van der Waals surface area (Å²) >= 11 is 0. The summed E-state index contributed by atoms with van der Waals surface area (Å²) < 4.78 is 19.0. The molecule has 3 rings (SSSR count). The lowest BCUT2D eigenvalue weighted by Gasteiger charge is -2.35. The molecule has 1 fully saturated rings. The van der Waals surface area contributed by atoms with Gasteiger partial charge in [-0.25, -0.2) is 0 Å². The second-order valence-electron chi connectivity index (χ2n) is 9.10. The number of aliphatic hydroxyl groups is 1. The van der Waals surface area contributed by atoms with E-state index in [0.29, 0.717) is 26.2 Å². The maximum atomic E-state index is 10.5. The highest BCUT2D eigenvalue weighted by molar-refractivity contribution is 5.14. The molecule has 0 aromatic heterocycles. The lowest BCUT2D eigenvalue weighted by atomic mass is 10.1. The molecule has 0 amide bonds. The van der Waals surface area contributed by atoms with Crippen molar-refractivity contribution in [2.24, 2.45) is 0 Å². The summed E-state index contributed by atoms with van der Waals surface area (Å²) in [4.78, 5) is 0. The van der Waals surface area contributed by atoms with Gasteiger partial charge in [0.2, 0.25) is 0 Å². The first kappa shape index (κ1) is 25.9. The Balaban J connectivity index is 1.60. The van der Waals surface area contributed by atoms with E-state index in [0.717, 1.165) is 36.8 Å². The molecule has 4 atom stereocenters. The van der Waals surface area contributed by atoms with E-state index in [4.69, 9.17) is 14.2 Å². The first-order chi connectivity index (χ1) is 16.1. The largest absolute Gasteiger partial charge is 0.391 e. The van der Waals surface area contributed by atoms with Gasteiger partial charge in [-0.05, 0) is 24.6 Å². The molecule has 1 unspecified atom stereocenters. The fraction of sp³-hybridized carbons (Fsp3) is 0.571. The van der Waals surface area contributed by atoms with Crippen LogP contribution in [0.3, 0.4) is 0 Å². The Morgan fingerprint density at radius 1 is 0.939 bits per heavy atom. The third kappa shape index (κ3) is 8.20. The average Bonchev–Trinajstić information content (AvgIpc) is 3.22. The van der Waals surface area contributed by atoms with Crippen LogP contribution in [0.5, 0.6) is 0 Å². The molecule has 1 saturated carbocycles. The Hall–Kier alpha value is -1.76. The van der Waals surface area contributed by atoms with Crippen molar-refractivity contribution in [1.29, 1.82) is 0 Å². The van der Waals surface area contributed by atoms with E-state index >= 15 is 0 Å². The lowest BCUT2D eigenvalue weighted by molar-refractivity contribution is -0.165. The van der Waals surface area contributed by atoms with Gasteiger partial charge in [0, 0.05) is 12.8 Å². The average molecular weight is 456 g/mol. The van der Waals surface area contributed by atoms with Crippen LogP contribution < -0.4 is 5.32 Å². The van der Waals surface area contributed by atoms with E-state index in [1.807, 2.05) is 43.4 Å². The molecule has 5 heteroatoms. The van der Waals surface area contributed by atoms with Gasteiger partial charge in [0.1, 0.15) is 11.8 Å². The second kappa shape index (κ2) is 13.8. The molecule has 1 aliphatic carbocycles. The summed E-state index contributed by atoms with van der Waals surface area (Å²) in [6.07, 6.45) is 6.16. The SMILES string of the molecule is CCCCCCC(O)CO[C@]1(NC)C[C@H](OCc2ccccc2)C[C@@H]1OCc1ccccc1. The van der Waals surface area contributed by atoms with Crippen LogP contribution >= 0.6 is 0 Å². The van der Waals surface area contributed by atoms with Crippen molar-refractivity contribution < 1.29 is 19.3 Å². The van der Waals surface area contributed by atoms with Gasteiger partial charge in [0.15, 0.2) is 0 Å². The summed E-state index contributed by atoms with van der Waals surface area (Å²) in [5.74, 6) is 0. The summed E-state index contributed by atoms with van der Waals surface area (Å²) in [5, 5.41) is 13.9. The van der Waals surface area contributed by atoms with Gasteiger partial charge < -0.3 is 19.3 Å². The molecule has 33 heavy (non-hydrogen) atoms. The number of likely N-dealkylation sites (N-methyl/N-ethyl adjacent to an activating group) is 1. The van der Waals surface area contributed by atoms with Gasteiger partial charge in [-0.1, -0.05) is 93.3 Å². The zero-order valence-electron chi connectivity index (χ0n) is 20.2. The third-order valence-corrected chi connectivity index (χ3v) is 6.50. The maximum absolute atomic E-state index is 10.5. The minimum Gasteiger partial charge on any atom is -0.391 e. The molecule has 2 aromatic carbocycles. The summed E-state index contributed by atoms with van der Waals surface area (Å²) in [6.45, 7) is 3.58. The van der Waals surface area contributed by atoms with Crippen molar-refractivity contribution >= 4 is 0 Å². The second-order valence-corrected chi connectivity index (χ2v) is 9.10. The van der Waals surface area contributed by atoms with Crippen LogP contribution in [0.1, 0.15) is 63.0 Å². The molecule has 0 radical (unpaired) electrons. The van der Waals surface area contributed by atoms with E-state index in [1.54, 1.807) is 0 Å². The van der Waals surface area contributed by atoms with Gasteiger partial charge in [-0.2, -0.15) is 0 Å². The molecule has 2 aromatic rings. The Morgan fingerprint density at radius 3 is 2.18 bits per heavy atom. The normalized spacial score (nSPS) is 23.6.